The van der Waals surface area contributed by atoms with E-state index in [0.717, 1.165) is 29.3 Å². The minimum Gasteiger partial charge on any atom is -0.493 e. The van der Waals surface area contributed by atoms with Crippen LogP contribution in [0.3, 0.4) is 0 Å². The molecule has 0 unspecified atom stereocenters. The van der Waals surface area contributed by atoms with Crippen molar-refractivity contribution >= 4 is 5.69 Å². The molecular weight excluding hydrogens is 314 g/mol. The second-order valence-electron chi connectivity index (χ2n) is 5.68. The fourth-order valence-corrected chi connectivity index (χ4v) is 2.61. The molecule has 5 heteroatoms. The summed E-state index contributed by atoms with van der Waals surface area (Å²) in [7, 11) is 1.65. The highest BCUT2D eigenvalue weighted by Crippen LogP contribution is 2.30. The molecule has 0 aliphatic rings. The van der Waals surface area contributed by atoms with Crippen LogP contribution in [0.2, 0.25) is 0 Å². The summed E-state index contributed by atoms with van der Waals surface area (Å²) in [4.78, 5) is 0. The molecule has 5 nitrogen and oxygen atoms in total. The number of rotatable bonds is 8. The summed E-state index contributed by atoms with van der Waals surface area (Å²) in [5.41, 5.74) is 3.35. The van der Waals surface area contributed by atoms with Gasteiger partial charge < -0.3 is 14.8 Å². The van der Waals surface area contributed by atoms with Crippen LogP contribution < -0.4 is 14.8 Å². The van der Waals surface area contributed by atoms with Crippen LogP contribution in [0, 0.1) is 0 Å². The third-order valence-electron chi connectivity index (χ3n) is 3.83. The molecule has 2 aromatic carbocycles. The van der Waals surface area contributed by atoms with Crippen molar-refractivity contribution in [1.82, 2.24) is 9.78 Å². The first-order chi connectivity index (χ1) is 12.3. The van der Waals surface area contributed by atoms with E-state index in [0.29, 0.717) is 13.2 Å². The largest absolute Gasteiger partial charge is 0.493 e. The summed E-state index contributed by atoms with van der Waals surface area (Å²) in [5, 5.41) is 7.82. The number of ether oxygens (including phenoxy) is 2. The van der Waals surface area contributed by atoms with Crippen LogP contribution in [0.4, 0.5) is 5.69 Å². The Labute approximate surface area is 148 Å². The number of benzene rings is 2. The molecule has 0 radical (unpaired) electrons. The van der Waals surface area contributed by atoms with Gasteiger partial charge in [-0.1, -0.05) is 30.3 Å². The maximum absolute atomic E-state index is 5.54. The van der Waals surface area contributed by atoms with E-state index in [2.05, 4.69) is 28.7 Å². The topological polar surface area (TPSA) is 48.3 Å². The van der Waals surface area contributed by atoms with E-state index in [1.54, 1.807) is 7.11 Å². The Morgan fingerprint density at radius 1 is 1.04 bits per heavy atom. The van der Waals surface area contributed by atoms with Gasteiger partial charge in [-0.15, -0.1) is 0 Å². The normalized spacial score (nSPS) is 10.5. The first-order valence-corrected chi connectivity index (χ1v) is 8.38. The van der Waals surface area contributed by atoms with Crippen molar-refractivity contribution in [2.75, 3.05) is 19.0 Å². The zero-order valence-electron chi connectivity index (χ0n) is 14.6. The summed E-state index contributed by atoms with van der Waals surface area (Å²) in [6.07, 6.45) is 3.95. The zero-order chi connectivity index (χ0) is 17.5. The number of hydrogen-bond acceptors (Lipinski definition) is 4. The number of hydrogen-bond donors (Lipinski definition) is 1. The second kappa shape index (κ2) is 8.24. The van der Waals surface area contributed by atoms with Gasteiger partial charge in [0.15, 0.2) is 11.5 Å². The highest BCUT2D eigenvalue weighted by atomic mass is 16.5. The number of nitrogens with zero attached hydrogens (tertiary/aromatic N) is 2. The third kappa shape index (κ3) is 4.53. The Hall–Kier alpha value is -2.95. The SMILES string of the molecule is CCOc1ccc(NCc2cnn(Cc3ccccc3)c2)cc1OC. The highest BCUT2D eigenvalue weighted by Gasteiger charge is 2.06. The van der Waals surface area contributed by atoms with Gasteiger partial charge in [0.05, 0.1) is 26.5 Å². The van der Waals surface area contributed by atoms with E-state index >= 15 is 0 Å². The summed E-state index contributed by atoms with van der Waals surface area (Å²) in [6, 6.07) is 16.2. The molecule has 1 N–H and O–H groups in total. The Balaban J connectivity index is 1.60. The van der Waals surface area contributed by atoms with Crippen LogP contribution in [0.15, 0.2) is 60.9 Å². The van der Waals surface area contributed by atoms with Crippen molar-refractivity contribution in [2.24, 2.45) is 0 Å². The Bertz CT molecular complexity index is 800. The molecule has 0 fully saturated rings. The van der Waals surface area contributed by atoms with Gasteiger partial charge in [0.2, 0.25) is 0 Å². The molecule has 0 saturated heterocycles. The van der Waals surface area contributed by atoms with Crippen molar-refractivity contribution < 1.29 is 9.47 Å². The first-order valence-electron chi connectivity index (χ1n) is 8.38. The predicted octanol–water partition coefficient (Wildman–Crippen LogP) is 3.95. The molecule has 0 spiro atoms. The summed E-state index contributed by atoms with van der Waals surface area (Å²) >= 11 is 0. The van der Waals surface area contributed by atoms with Crippen molar-refractivity contribution in [2.45, 2.75) is 20.0 Å². The van der Waals surface area contributed by atoms with E-state index < -0.39 is 0 Å². The second-order valence-corrected chi connectivity index (χ2v) is 5.68. The fraction of sp³-hybridized carbons (Fsp3) is 0.250. The standard InChI is InChI=1S/C20H23N3O2/c1-3-25-19-10-9-18(11-20(19)24-2)21-12-17-13-22-23(15-17)14-16-7-5-4-6-8-16/h4-11,13,15,21H,3,12,14H2,1-2H3. The average molecular weight is 337 g/mol. The number of methoxy groups -OCH3 is 1. The zero-order valence-corrected chi connectivity index (χ0v) is 14.6. The molecule has 1 heterocycles. The van der Waals surface area contributed by atoms with Gasteiger partial charge in [-0.2, -0.15) is 5.10 Å². The Kier molecular flexibility index (Phi) is 5.57. The van der Waals surface area contributed by atoms with Crippen molar-refractivity contribution in [3.63, 3.8) is 0 Å². The maximum atomic E-state index is 5.54. The first kappa shape index (κ1) is 16.9. The molecule has 0 atom stereocenters. The molecule has 0 aliphatic heterocycles. The van der Waals surface area contributed by atoms with E-state index in [9.17, 15) is 0 Å². The van der Waals surface area contributed by atoms with Gasteiger partial charge in [-0.05, 0) is 24.6 Å². The van der Waals surface area contributed by atoms with Crippen molar-refractivity contribution in [3.8, 4) is 11.5 Å². The average Bonchev–Trinajstić information content (AvgIpc) is 3.09. The van der Waals surface area contributed by atoms with Crippen molar-refractivity contribution in [3.05, 3.63) is 72.1 Å². The summed E-state index contributed by atoms with van der Waals surface area (Å²) in [5.74, 6) is 1.48. The molecule has 1 aromatic heterocycles. The molecule has 130 valence electrons. The Morgan fingerprint density at radius 3 is 2.64 bits per heavy atom. The van der Waals surface area contributed by atoms with Crippen molar-refractivity contribution in [1.29, 1.82) is 0 Å². The van der Waals surface area contributed by atoms with E-state index in [4.69, 9.17) is 9.47 Å². The molecule has 3 rings (SSSR count). The minimum absolute atomic E-state index is 0.615. The van der Waals surface area contributed by atoms with Gasteiger partial charge in [-0.3, -0.25) is 4.68 Å². The lowest BCUT2D eigenvalue weighted by atomic mass is 10.2. The lowest BCUT2D eigenvalue weighted by molar-refractivity contribution is 0.311. The maximum Gasteiger partial charge on any atom is 0.162 e. The van der Waals surface area contributed by atoms with Gasteiger partial charge in [0, 0.05) is 30.1 Å². The lowest BCUT2D eigenvalue weighted by Crippen LogP contribution is -2.01. The predicted molar refractivity (Wildman–Crippen MR) is 99.3 cm³/mol. The van der Waals surface area contributed by atoms with Gasteiger partial charge >= 0.3 is 0 Å². The van der Waals surface area contributed by atoms with Crippen LogP contribution in [0.5, 0.6) is 11.5 Å². The van der Waals surface area contributed by atoms with E-state index in [1.807, 2.05) is 54.2 Å². The molecule has 0 bridgehead atoms. The minimum atomic E-state index is 0.615. The molecule has 3 aromatic rings. The highest BCUT2D eigenvalue weighted by molar-refractivity contribution is 5.54. The lowest BCUT2D eigenvalue weighted by Gasteiger charge is -2.12. The van der Waals surface area contributed by atoms with Gasteiger partial charge in [0.25, 0.3) is 0 Å². The van der Waals surface area contributed by atoms with Gasteiger partial charge in [-0.25, -0.2) is 0 Å². The molecular formula is C20H23N3O2. The summed E-state index contributed by atoms with van der Waals surface area (Å²) < 4.78 is 12.9. The molecule has 0 aliphatic carbocycles. The smallest absolute Gasteiger partial charge is 0.162 e. The van der Waals surface area contributed by atoms with Crippen LogP contribution in [0.1, 0.15) is 18.1 Å². The van der Waals surface area contributed by atoms with Crippen LogP contribution in [-0.4, -0.2) is 23.5 Å². The van der Waals surface area contributed by atoms with Crippen LogP contribution in [-0.2, 0) is 13.1 Å². The van der Waals surface area contributed by atoms with Gasteiger partial charge in [0.1, 0.15) is 0 Å². The molecule has 0 saturated carbocycles. The number of anilines is 1. The van der Waals surface area contributed by atoms with E-state index in [1.165, 1.54) is 5.56 Å². The van der Waals surface area contributed by atoms with Crippen LogP contribution >= 0.6 is 0 Å². The van der Waals surface area contributed by atoms with E-state index in [-0.39, 0.29) is 0 Å². The molecule has 25 heavy (non-hydrogen) atoms. The third-order valence-corrected chi connectivity index (χ3v) is 3.83. The quantitative estimate of drug-likeness (QED) is 0.676. The molecule has 0 amide bonds. The van der Waals surface area contributed by atoms with Crippen LogP contribution in [0.25, 0.3) is 0 Å². The number of aromatic nitrogens is 2. The Morgan fingerprint density at radius 2 is 1.88 bits per heavy atom. The fourth-order valence-electron chi connectivity index (χ4n) is 2.61. The number of nitrogens with one attached hydrogen (secondary N) is 1. The monoisotopic (exact) mass is 337 g/mol. The summed E-state index contributed by atoms with van der Waals surface area (Å²) in [6.45, 7) is 4.05.